The molecule has 2 nitrogen and oxygen atoms in total. The van der Waals surface area contributed by atoms with Crippen LogP contribution in [0.1, 0.15) is 23.6 Å². The molecule has 78 valence electrons. The maximum absolute atomic E-state index is 13.1. The molecule has 0 radical (unpaired) electrons. The van der Waals surface area contributed by atoms with Crippen molar-refractivity contribution in [3.8, 4) is 5.75 Å². The lowest BCUT2D eigenvalue weighted by Gasteiger charge is -2.24. The van der Waals surface area contributed by atoms with Crippen molar-refractivity contribution < 1.29 is 9.13 Å². The summed E-state index contributed by atoms with van der Waals surface area (Å²) in [6.07, 6.45) is 0.804. The summed E-state index contributed by atoms with van der Waals surface area (Å²) in [7, 11) is 0. The molecule has 1 aliphatic heterocycles. The van der Waals surface area contributed by atoms with E-state index in [1.807, 2.05) is 0 Å². The van der Waals surface area contributed by atoms with Crippen LogP contribution in [0, 0.1) is 12.7 Å². The van der Waals surface area contributed by atoms with Crippen LogP contribution in [0.15, 0.2) is 12.1 Å². The fourth-order valence-corrected chi connectivity index (χ4v) is 1.62. The highest BCUT2D eigenvalue weighted by atomic mass is 35.5. The second-order valence-corrected chi connectivity index (χ2v) is 3.33. The number of hydrogen-bond acceptors (Lipinski definition) is 2. The summed E-state index contributed by atoms with van der Waals surface area (Å²) in [5.41, 5.74) is 7.35. The van der Waals surface area contributed by atoms with E-state index in [4.69, 9.17) is 10.5 Å². The lowest BCUT2D eigenvalue weighted by atomic mass is 9.99. The second kappa shape index (κ2) is 4.15. The lowest BCUT2D eigenvalue weighted by molar-refractivity contribution is 0.265. The Labute approximate surface area is 88.7 Å². The SMILES string of the molecule is Cc1c(F)ccc2c1OCC[C@@H]2N.Cl. The van der Waals surface area contributed by atoms with Crippen LogP contribution in [0.3, 0.4) is 0 Å². The first-order valence-corrected chi connectivity index (χ1v) is 4.37. The fourth-order valence-electron chi connectivity index (χ4n) is 1.62. The number of fused-ring (bicyclic) bond motifs is 1. The van der Waals surface area contributed by atoms with E-state index in [9.17, 15) is 4.39 Å². The van der Waals surface area contributed by atoms with Gasteiger partial charge in [-0.05, 0) is 13.0 Å². The number of ether oxygens (including phenoxy) is 1. The summed E-state index contributed by atoms with van der Waals surface area (Å²) in [6, 6.07) is 3.15. The Morgan fingerprint density at radius 3 is 2.93 bits per heavy atom. The van der Waals surface area contributed by atoms with Gasteiger partial charge in [-0.3, -0.25) is 0 Å². The first-order valence-electron chi connectivity index (χ1n) is 4.37. The molecule has 0 bridgehead atoms. The molecule has 2 N–H and O–H groups in total. The van der Waals surface area contributed by atoms with Gasteiger partial charge in [0.1, 0.15) is 11.6 Å². The first kappa shape index (κ1) is 11.3. The molecule has 2 rings (SSSR count). The van der Waals surface area contributed by atoms with E-state index in [2.05, 4.69) is 0 Å². The third kappa shape index (κ3) is 1.70. The fraction of sp³-hybridized carbons (Fsp3) is 0.400. The highest BCUT2D eigenvalue weighted by Crippen LogP contribution is 2.34. The normalized spacial score (nSPS) is 19.2. The molecule has 0 fully saturated rings. The van der Waals surface area contributed by atoms with E-state index in [0.717, 1.165) is 12.0 Å². The smallest absolute Gasteiger partial charge is 0.129 e. The van der Waals surface area contributed by atoms with E-state index in [1.165, 1.54) is 6.07 Å². The van der Waals surface area contributed by atoms with Crippen LogP contribution in [-0.4, -0.2) is 6.61 Å². The van der Waals surface area contributed by atoms with Crippen LogP contribution in [-0.2, 0) is 0 Å². The van der Waals surface area contributed by atoms with Crippen molar-refractivity contribution >= 4 is 12.4 Å². The van der Waals surface area contributed by atoms with Crippen LogP contribution in [0.2, 0.25) is 0 Å². The van der Waals surface area contributed by atoms with Crippen molar-refractivity contribution in [1.82, 2.24) is 0 Å². The molecule has 0 amide bonds. The van der Waals surface area contributed by atoms with E-state index >= 15 is 0 Å². The number of benzene rings is 1. The van der Waals surface area contributed by atoms with E-state index in [-0.39, 0.29) is 24.3 Å². The third-order valence-corrected chi connectivity index (χ3v) is 2.44. The zero-order chi connectivity index (χ0) is 9.42. The van der Waals surface area contributed by atoms with Crippen molar-refractivity contribution in [3.63, 3.8) is 0 Å². The Balaban J connectivity index is 0.000000980. The van der Waals surface area contributed by atoms with Gasteiger partial charge >= 0.3 is 0 Å². The van der Waals surface area contributed by atoms with Crippen LogP contribution >= 0.6 is 12.4 Å². The first-order chi connectivity index (χ1) is 6.20. The Bertz CT molecular complexity index is 343. The molecule has 0 unspecified atom stereocenters. The lowest BCUT2D eigenvalue weighted by Crippen LogP contribution is -2.21. The van der Waals surface area contributed by atoms with Gasteiger partial charge in [-0.25, -0.2) is 4.39 Å². The third-order valence-electron chi connectivity index (χ3n) is 2.44. The predicted molar refractivity (Wildman–Crippen MR) is 55.4 cm³/mol. The van der Waals surface area contributed by atoms with Crippen LogP contribution in [0.25, 0.3) is 0 Å². The average Bonchev–Trinajstić information content (AvgIpc) is 2.12. The minimum Gasteiger partial charge on any atom is -0.493 e. The number of nitrogens with two attached hydrogens (primary N) is 1. The van der Waals surface area contributed by atoms with Gasteiger partial charge in [-0.1, -0.05) is 6.07 Å². The number of rotatable bonds is 0. The van der Waals surface area contributed by atoms with Gasteiger partial charge in [0.25, 0.3) is 0 Å². The summed E-state index contributed by atoms with van der Waals surface area (Å²) in [5, 5.41) is 0. The minimum atomic E-state index is -0.229. The average molecular weight is 218 g/mol. The second-order valence-electron chi connectivity index (χ2n) is 3.33. The zero-order valence-electron chi connectivity index (χ0n) is 7.92. The van der Waals surface area contributed by atoms with Gasteiger partial charge in [0.15, 0.2) is 0 Å². The largest absolute Gasteiger partial charge is 0.493 e. The van der Waals surface area contributed by atoms with Gasteiger partial charge < -0.3 is 10.5 Å². The maximum Gasteiger partial charge on any atom is 0.129 e. The molecule has 0 saturated heterocycles. The van der Waals surface area contributed by atoms with Gasteiger partial charge in [-0.15, -0.1) is 12.4 Å². The highest BCUT2D eigenvalue weighted by molar-refractivity contribution is 5.85. The quantitative estimate of drug-likeness (QED) is 0.724. The topological polar surface area (TPSA) is 35.2 Å². The van der Waals surface area contributed by atoms with E-state index in [1.54, 1.807) is 13.0 Å². The van der Waals surface area contributed by atoms with E-state index < -0.39 is 0 Å². The predicted octanol–water partition coefficient (Wildman–Crippen LogP) is 2.34. The zero-order valence-corrected chi connectivity index (χ0v) is 8.73. The van der Waals surface area contributed by atoms with Gasteiger partial charge in [0.05, 0.1) is 6.61 Å². The van der Waals surface area contributed by atoms with Crippen LogP contribution < -0.4 is 10.5 Å². The molecule has 0 spiro atoms. The summed E-state index contributed by atoms with van der Waals surface area (Å²) in [6.45, 7) is 2.30. The monoisotopic (exact) mass is 217 g/mol. The van der Waals surface area contributed by atoms with Gasteiger partial charge in [-0.2, -0.15) is 0 Å². The van der Waals surface area contributed by atoms with Crippen molar-refractivity contribution in [1.29, 1.82) is 0 Å². The van der Waals surface area contributed by atoms with Crippen molar-refractivity contribution in [2.45, 2.75) is 19.4 Å². The summed E-state index contributed by atoms with van der Waals surface area (Å²) >= 11 is 0. The highest BCUT2D eigenvalue weighted by Gasteiger charge is 2.20. The Hall–Kier alpha value is -0.800. The molecule has 1 aromatic rings. The molecular weight excluding hydrogens is 205 g/mol. The Kier molecular flexibility index (Phi) is 3.34. The molecule has 1 aliphatic rings. The molecular formula is C10H13ClFNO. The maximum atomic E-state index is 13.1. The van der Waals surface area contributed by atoms with Crippen molar-refractivity contribution in [3.05, 3.63) is 29.1 Å². The standard InChI is InChI=1S/C10H12FNO.ClH/c1-6-8(11)3-2-7-9(12)4-5-13-10(6)7;/h2-3,9H,4-5,12H2,1H3;1H/t9-;/m0./s1. The minimum absolute atomic E-state index is 0. The van der Waals surface area contributed by atoms with Crippen molar-refractivity contribution in [2.75, 3.05) is 6.61 Å². The molecule has 1 heterocycles. The number of hydrogen-bond donors (Lipinski definition) is 1. The Morgan fingerprint density at radius 1 is 1.50 bits per heavy atom. The molecule has 0 aromatic heterocycles. The molecule has 1 atom stereocenters. The van der Waals surface area contributed by atoms with Gasteiger partial charge in [0, 0.05) is 23.6 Å². The summed E-state index contributed by atoms with van der Waals surface area (Å²) < 4.78 is 18.5. The summed E-state index contributed by atoms with van der Waals surface area (Å²) in [4.78, 5) is 0. The molecule has 14 heavy (non-hydrogen) atoms. The molecule has 0 saturated carbocycles. The number of halogens is 2. The molecule has 4 heteroatoms. The van der Waals surface area contributed by atoms with Crippen LogP contribution in [0.4, 0.5) is 4.39 Å². The Morgan fingerprint density at radius 2 is 2.21 bits per heavy atom. The molecule has 0 aliphatic carbocycles. The van der Waals surface area contributed by atoms with E-state index in [0.29, 0.717) is 17.9 Å². The van der Waals surface area contributed by atoms with Crippen molar-refractivity contribution in [2.24, 2.45) is 5.73 Å². The van der Waals surface area contributed by atoms with Gasteiger partial charge in [0.2, 0.25) is 0 Å². The molecule has 1 aromatic carbocycles. The van der Waals surface area contributed by atoms with Crippen LogP contribution in [0.5, 0.6) is 5.75 Å². The summed E-state index contributed by atoms with van der Waals surface area (Å²) in [5.74, 6) is 0.409.